The van der Waals surface area contributed by atoms with Crippen LogP contribution in [0.1, 0.15) is 50.0 Å². The lowest BCUT2D eigenvalue weighted by Gasteiger charge is -2.38. The maximum Gasteiger partial charge on any atom is 0.295 e. The molecule has 0 saturated heterocycles. The van der Waals surface area contributed by atoms with Gasteiger partial charge in [-0.1, -0.05) is 18.5 Å². The quantitative estimate of drug-likeness (QED) is 0.524. The Labute approximate surface area is 184 Å². The fraction of sp³-hybridized carbons (Fsp3) is 0.435. The van der Waals surface area contributed by atoms with Crippen LogP contribution in [0.15, 0.2) is 46.2 Å². The molecule has 1 aromatic carbocycles. The van der Waals surface area contributed by atoms with E-state index in [2.05, 4.69) is 12.1 Å². The van der Waals surface area contributed by atoms with Crippen LogP contribution in [-0.2, 0) is 14.3 Å². The summed E-state index contributed by atoms with van der Waals surface area (Å²) in [6.07, 6.45) is 3.15. The molecule has 2 aliphatic heterocycles. The Morgan fingerprint density at radius 2 is 1.97 bits per heavy atom. The molecule has 1 aliphatic carbocycles. The first-order chi connectivity index (χ1) is 15.4. The molecule has 0 N–H and O–H groups in total. The highest BCUT2D eigenvalue weighted by Gasteiger charge is 2.53. The first-order valence-electron chi connectivity index (χ1n) is 10.8. The minimum atomic E-state index is -0.779. The minimum absolute atomic E-state index is 0.0650. The number of non-ortho nitro benzene ring substituents is 1. The van der Waals surface area contributed by atoms with Crippen LogP contribution in [0.3, 0.4) is 0 Å². The zero-order chi connectivity index (χ0) is 22.6. The molecule has 0 bridgehead atoms. The maximum atomic E-state index is 13.7. The zero-order valence-corrected chi connectivity index (χ0v) is 17.8. The van der Waals surface area contributed by atoms with Crippen LogP contribution in [0, 0.1) is 28.9 Å². The minimum Gasteiger partial charge on any atom is -0.483 e. The van der Waals surface area contributed by atoms with Crippen molar-refractivity contribution in [2.24, 2.45) is 11.8 Å². The van der Waals surface area contributed by atoms with Crippen molar-refractivity contribution in [2.75, 3.05) is 4.90 Å². The predicted octanol–water partition coefficient (Wildman–Crippen LogP) is 4.03. The lowest BCUT2D eigenvalue weighted by atomic mass is 9.73. The standard InChI is InChI=1S/C23H23N3O6/c1-3-13-4-9-17-16(11-13)21(27)19-20(14-5-7-15(8-6-14)26(29)30)25(23(28)22(19)31-17)18-10-12(2)32-24-18/h5-8,10,13,16-17,20H,3-4,9,11H2,1-2H3. The molecule has 4 atom stereocenters. The number of nitrogens with zero attached hydrogens (tertiary/aromatic N) is 3. The molecule has 1 aromatic heterocycles. The van der Waals surface area contributed by atoms with Crippen LogP contribution in [-0.4, -0.2) is 27.9 Å². The van der Waals surface area contributed by atoms with E-state index in [1.54, 1.807) is 25.1 Å². The molecule has 3 heterocycles. The van der Waals surface area contributed by atoms with Gasteiger partial charge in [0.05, 0.1) is 22.5 Å². The Balaban J connectivity index is 1.61. The number of aryl methyl sites for hydroxylation is 1. The lowest BCUT2D eigenvalue weighted by Crippen LogP contribution is -2.41. The Morgan fingerprint density at radius 3 is 2.59 bits per heavy atom. The number of hydrogen-bond acceptors (Lipinski definition) is 7. The monoisotopic (exact) mass is 437 g/mol. The Hall–Kier alpha value is -3.49. The number of rotatable bonds is 4. The number of amides is 1. The van der Waals surface area contributed by atoms with Crippen LogP contribution in [0.5, 0.6) is 0 Å². The molecule has 9 nitrogen and oxygen atoms in total. The molecular weight excluding hydrogens is 414 g/mol. The summed E-state index contributed by atoms with van der Waals surface area (Å²) in [6.45, 7) is 3.84. The normalized spacial score (nSPS) is 27.2. The lowest BCUT2D eigenvalue weighted by molar-refractivity contribution is -0.384. The van der Waals surface area contributed by atoms with Gasteiger partial charge in [0.1, 0.15) is 11.9 Å². The number of carbonyl (C=O) groups is 2. The van der Waals surface area contributed by atoms with Crippen LogP contribution in [0.2, 0.25) is 0 Å². The first-order valence-corrected chi connectivity index (χ1v) is 10.8. The summed E-state index contributed by atoms with van der Waals surface area (Å²) in [4.78, 5) is 39.2. The zero-order valence-electron chi connectivity index (χ0n) is 17.8. The molecular formula is C23H23N3O6. The molecule has 0 radical (unpaired) electrons. The highest BCUT2D eigenvalue weighted by Crippen LogP contribution is 2.49. The number of ether oxygens (including phenoxy) is 1. The van der Waals surface area contributed by atoms with Crippen molar-refractivity contribution in [1.82, 2.24) is 5.16 Å². The second kappa shape index (κ2) is 7.58. The van der Waals surface area contributed by atoms with Gasteiger partial charge in [-0.2, -0.15) is 0 Å². The van der Waals surface area contributed by atoms with Gasteiger partial charge in [-0.05, 0) is 49.8 Å². The molecule has 4 unspecified atom stereocenters. The summed E-state index contributed by atoms with van der Waals surface area (Å²) >= 11 is 0. The van der Waals surface area contributed by atoms with E-state index in [4.69, 9.17) is 9.26 Å². The van der Waals surface area contributed by atoms with Gasteiger partial charge in [-0.25, -0.2) is 0 Å². The smallest absolute Gasteiger partial charge is 0.295 e. The van der Waals surface area contributed by atoms with Gasteiger partial charge in [-0.15, -0.1) is 0 Å². The summed E-state index contributed by atoms with van der Waals surface area (Å²) in [7, 11) is 0. The van der Waals surface area contributed by atoms with Crippen molar-refractivity contribution in [3.63, 3.8) is 0 Å². The van der Waals surface area contributed by atoms with E-state index in [1.165, 1.54) is 17.0 Å². The third kappa shape index (κ3) is 3.11. The van der Waals surface area contributed by atoms with Crippen molar-refractivity contribution in [3.05, 3.63) is 63.1 Å². The van der Waals surface area contributed by atoms with Gasteiger partial charge in [0.2, 0.25) is 0 Å². The third-order valence-corrected chi connectivity index (χ3v) is 6.82. The number of carbonyl (C=O) groups excluding carboxylic acids is 2. The van der Waals surface area contributed by atoms with Crippen LogP contribution >= 0.6 is 0 Å². The predicted molar refractivity (Wildman–Crippen MR) is 113 cm³/mol. The van der Waals surface area contributed by atoms with Gasteiger partial charge < -0.3 is 9.26 Å². The van der Waals surface area contributed by atoms with E-state index >= 15 is 0 Å². The summed E-state index contributed by atoms with van der Waals surface area (Å²) in [5.74, 6) is 0.503. The summed E-state index contributed by atoms with van der Waals surface area (Å²) < 4.78 is 11.3. The summed E-state index contributed by atoms with van der Waals surface area (Å²) in [5, 5.41) is 15.1. The van der Waals surface area contributed by atoms with E-state index in [-0.39, 0.29) is 35.1 Å². The molecule has 32 heavy (non-hydrogen) atoms. The van der Waals surface area contributed by atoms with E-state index in [1.807, 2.05) is 0 Å². The maximum absolute atomic E-state index is 13.7. The first kappa shape index (κ1) is 20.4. The molecule has 1 saturated carbocycles. The van der Waals surface area contributed by atoms with Crippen LogP contribution in [0.4, 0.5) is 11.5 Å². The number of benzene rings is 1. The number of aromatic nitrogens is 1. The average Bonchev–Trinajstić information content (AvgIpc) is 3.34. The van der Waals surface area contributed by atoms with Gasteiger partial charge >= 0.3 is 0 Å². The summed E-state index contributed by atoms with van der Waals surface area (Å²) in [6, 6.07) is 6.73. The van der Waals surface area contributed by atoms with Crippen molar-refractivity contribution in [2.45, 2.75) is 51.7 Å². The topological polar surface area (TPSA) is 116 Å². The number of anilines is 1. The summed E-state index contributed by atoms with van der Waals surface area (Å²) in [5.41, 5.74) is 0.816. The molecule has 5 rings (SSSR count). The number of nitro groups is 1. The fourth-order valence-corrected chi connectivity index (χ4v) is 5.12. The van der Waals surface area contributed by atoms with Crippen molar-refractivity contribution >= 4 is 23.2 Å². The number of Topliss-reactive ketones (excluding diaryl/α,β-unsaturated/α-hetero) is 1. The number of hydrogen-bond donors (Lipinski definition) is 0. The second-order valence-electron chi connectivity index (χ2n) is 8.68. The molecule has 1 amide bonds. The van der Waals surface area contributed by atoms with Crippen LogP contribution in [0.25, 0.3) is 0 Å². The molecule has 2 aromatic rings. The van der Waals surface area contributed by atoms with Crippen LogP contribution < -0.4 is 4.90 Å². The molecule has 166 valence electrons. The van der Waals surface area contributed by atoms with Crippen molar-refractivity contribution in [1.29, 1.82) is 0 Å². The number of fused-ring (bicyclic) bond motifs is 1. The van der Waals surface area contributed by atoms with E-state index in [9.17, 15) is 19.7 Å². The van der Waals surface area contributed by atoms with Gasteiger partial charge in [0.25, 0.3) is 11.6 Å². The number of ketones is 1. The van der Waals surface area contributed by atoms with Gasteiger partial charge in [-0.3, -0.25) is 24.6 Å². The van der Waals surface area contributed by atoms with E-state index in [0.29, 0.717) is 22.8 Å². The van der Waals surface area contributed by atoms with E-state index < -0.39 is 16.9 Å². The molecule has 1 fully saturated rings. The molecule has 0 spiro atoms. The molecule has 3 aliphatic rings. The Morgan fingerprint density at radius 1 is 1.22 bits per heavy atom. The van der Waals surface area contributed by atoms with Gasteiger partial charge in [0.15, 0.2) is 17.4 Å². The average molecular weight is 437 g/mol. The van der Waals surface area contributed by atoms with E-state index in [0.717, 1.165) is 25.7 Å². The number of nitro benzene ring substituents is 1. The molecule has 9 heteroatoms. The second-order valence-corrected chi connectivity index (χ2v) is 8.68. The van der Waals surface area contributed by atoms with Crippen molar-refractivity contribution < 1.29 is 23.8 Å². The largest absolute Gasteiger partial charge is 0.483 e. The Kier molecular flexibility index (Phi) is 4.83. The highest BCUT2D eigenvalue weighted by molar-refractivity contribution is 6.17. The fourth-order valence-electron chi connectivity index (χ4n) is 5.12. The van der Waals surface area contributed by atoms with Gasteiger partial charge in [0, 0.05) is 18.2 Å². The van der Waals surface area contributed by atoms with Crippen molar-refractivity contribution in [3.8, 4) is 0 Å². The SMILES string of the molecule is CCC1CCC2OC3=C(C(=O)C2C1)C(c1ccc([N+](=O)[O-])cc1)N(c1cc(C)on1)C3=O. The highest BCUT2D eigenvalue weighted by atomic mass is 16.6. The third-order valence-electron chi connectivity index (χ3n) is 6.82. The Bertz CT molecular complexity index is 1130.